The van der Waals surface area contributed by atoms with Gasteiger partial charge in [0.15, 0.2) is 11.8 Å². The van der Waals surface area contributed by atoms with Crippen molar-refractivity contribution >= 4 is 19.4 Å². The average molecular weight is 344 g/mol. The Morgan fingerprint density at radius 2 is 1.67 bits per heavy atom. The normalized spacial score (nSPS) is 12.5. The molecule has 2 atom stereocenters. The Hall–Kier alpha value is -1.70. The fraction of sp³-hybridized carbons (Fsp3) is 0.350. The van der Waals surface area contributed by atoms with E-state index in [1.54, 1.807) is 0 Å². The molecule has 0 bridgehead atoms. The van der Waals surface area contributed by atoms with Gasteiger partial charge in [-0.1, -0.05) is 29.8 Å². The Morgan fingerprint density at radius 1 is 1.08 bits per heavy atom. The maximum absolute atomic E-state index is 12.7. The van der Waals surface area contributed by atoms with Gasteiger partial charge in [0, 0.05) is 12.2 Å². The molecule has 0 fully saturated rings. The molecular formula is C20H25O3P. The van der Waals surface area contributed by atoms with Crippen LogP contribution in [0.4, 0.5) is 0 Å². The van der Waals surface area contributed by atoms with Crippen LogP contribution in [0.2, 0.25) is 0 Å². The van der Waals surface area contributed by atoms with Gasteiger partial charge >= 0.3 is 0 Å². The SMILES string of the molecule is CCOC(C)Oc1ccc(PC(=O)c2c(C)cc(C)cc2C)cc1. The topological polar surface area (TPSA) is 35.5 Å². The van der Waals surface area contributed by atoms with Gasteiger partial charge in [-0.3, -0.25) is 4.79 Å². The van der Waals surface area contributed by atoms with Crippen LogP contribution in [0, 0.1) is 20.8 Å². The van der Waals surface area contributed by atoms with Crippen molar-refractivity contribution in [3.05, 3.63) is 58.7 Å². The van der Waals surface area contributed by atoms with E-state index in [0.29, 0.717) is 6.61 Å². The van der Waals surface area contributed by atoms with Gasteiger partial charge in [0.05, 0.1) is 0 Å². The van der Waals surface area contributed by atoms with Crippen molar-refractivity contribution in [1.29, 1.82) is 0 Å². The summed E-state index contributed by atoms with van der Waals surface area (Å²) in [5, 5.41) is 1.01. The summed E-state index contributed by atoms with van der Waals surface area (Å²) >= 11 is 0. The van der Waals surface area contributed by atoms with Crippen LogP contribution in [0.1, 0.15) is 40.9 Å². The summed E-state index contributed by atoms with van der Waals surface area (Å²) in [6.07, 6.45) is -0.275. The Balaban J connectivity index is 2.07. The number of hydrogen-bond acceptors (Lipinski definition) is 3. The Bertz CT molecular complexity index is 684. The molecule has 0 spiro atoms. The number of carbonyl (C=O) groups excluding carboxylic acids is 1. The Labute approximate surface area is 146 Å². The summed E-state index contributed by atoms with van der Waals surface area (Å²) < 4.78 is 11.0. The van der Waals surface area contributed by atoms with Crippen molar-refractivity contribution in [3.63, 3.8) is 0 Å². The minimum atomic E-state index is -0.275. The highest BCUT2D eigenvalue weighted by atomic mass is 31.1. The van der Waals surface area contributed by atoms with Crippen molar-refractivity contribution < 1.29 is 14.3 Å². The molecule has 2 aromatic carbocycles. The largest absolute Gasteiger partial charge is 0.465 e. The van der Waals surface area contributed by atoms with E-state index in [4.69, 9.17) is 9.47 Å². The van der Waals surface area contributed by atoms with E-state index >= 15 is 0 Å². The van der Waals surface area contributed by atoms with Crippen LogP contribution in [-0.4, -0.2) is 18.4 Å². The molecule has 2 aromatic rings. The third kappa shape index (κ3) is 4.90. The zero-order valence-corrected chi connectivity index (χ0v) is 16.0. The van der Waals surface area contributed by atoms with Gasteiger partial charge in [-0.15, -0.1) is 0 Å². The molecule has 0 saturated carbocycles. The average Bonchev–Trinajstić information content (AvgIpc) is 2.48. The predicted molar refractivity (Wildman–Crippen MR) is 101 cm³/mol. The highest BCUT2D eigenvalue weighted by molar-refractivity contribution is 7.66. The van der Waals surface area contributed by atoms with E-state index in [2.05, 4.69) is 19.1 Å². The first-order valence-electron chi connectivity index (χ1n) is 8.18. The first-order chi connectivity index (χ1) is 11.4. The molecule has 128 valence electrons. The van der Waals surface area contributed by atoms with Crippen molar-refractivity contribution in [2.45, 2.75) is 40.9 Å². The van der Waals surface area contributed by atoms with E-state index in [-0.39, 0.29) is 20.4 Å². The maximum Gasteiger partial charge on any atom is 0.196 e. The molecule has 2 unspecified atom stereocenters. The zero-order chi connectivity index (χ0) is 17.7. The van der Waals surface area contributed by atoms with Crippen LogP contribution in [0.25, 0.3) is 0 Å². The van der Waals surface area contributed by atoms with Gasteiger partial charge in [-0.25, -0.2) is 0 Å². The summed E-state index contributed by atoms with van der Waals surface area (Å²) in [6, 6.07) is 11.8. The molecule has 0 heterocycles. The quantitative estimate of drug-likeness (QED) is 0.547. The zero-order valence-electron chi connectivity index (χ0n) is 15.0. The highest BCUT2D eigenvalue weighted by Crippen LogP contribution is 2.26. The standard InChI is InChI=1S/C20H25O3P/c1-6-22-16(5)23-17-7-9-18(10-8-17)24-20(21)19-14(3)11-13(2)12-15(19)4/h7-12,16,24H,6H2,1-5H3. The molecule has 4 heteroatoms. The van der Waals surface area contributed by atoms with E-state index in [9.17, 15) is 4.79 Å². The summed E-state index contributed by atoms with van der Waals surface area (Å²) in [5.74, 6) is 0.750. The maximum atomic E-state index is 12.7. The van der Waals surface area contributed by atoms with Crippen LogP contribution in [-0.2, 0) is 4.74 Å². The molecule has 0 aliphatic heterocycles. The van der Waals surface area contributed by atoms with Gasteiger partial charge in [-0.05, 0) is 71.8 Å². The van der Waals surface area contributed by atoms with Crippen molar-refractivity contribution in [2.75, 3.05) is 6.61 Å². The Morgan fingerprint density at radius 3 is 2.21 bits per heavy atom. The molecule has 0 aromatic heterocycles. The van der Waals surface area contributed by atoms with E-state index in [1.807, 2.05) is 52.0 Å². The van der Waals surface area contributed by atoms with Crippen LogP contribution in [0.5, 0.6) is 5.75 Å². The number of carbonyl (C=O) groups is 1. The second-order valence-electron chi connectivity index (χ2n) is 5.89. The van der Waals surface area contributed by atoms with Crippen LogP contribution >= 0.6 is 8.58 Å². The number of rotatable bonds is 7. The van der Waals surface area contributed by atoms with Gasteiger partial charge in [0.2, 0.25) is 0 Å². The summed E-state index contributed by atoms with van der Waals surface area (Å²) in [4.78, 5) is 12.7. The van der Waals surface area contributed by atoms with Gasteiger partial charge in [-0.2, -0.15) is 0 Å². The van der Waals surface area contributed by atoms with E-state index < -0.39 is 0 Å². The summed E-state index contributed by atoms with van der Waals surface area (Å²) in [5.41, 5.74) is 4.33. The summed E-state index contributed by atoms with van der Waals surface area (Å²) in [6.45, 7) is 10.5. The molecule has 3 nitrogen and oxygen atoms in total. The monoisotopic (exact) mass is 344 g/mol. The van der Waals surface area contributed by atoms with Crippen molar-refractivity contribution in [3.8, 4) is 5.75 Å². The van der Waals surface area contributed by atoms with Crippen LogP contribution in [0.3, 0.4) is 0 Å². The second kappa shape index (κ2) is 8.41. The van der Waals surface area contributed by atoms with Crippen molar-refractivity contribution in [2.24, 2.45) is 0 Å². The van der Waals surface area contributed by atoms with E-state index in [1.165, 1.54) is 5.56 Å². The lowest BCUT2D eigenvalue weighted by atomic mass is 10.0. The first-order valence-corrected chi connectivity index (χ1v) is 9.18. The summed E-state index contributed by atoms with van der Waals surface area (Å²) in [7, 11) is 0.112. The minimum Gasteiger partial charge on any atom is -0.465 e. The molecule has 0 aliphatic carbocycles. The number of benzene rings is 2. The van der Waals surface area contributed by atoms with Crippen LogP contribution < -0.4 is 10.0 Å². The molecule has 24 heavy (non-hydrogen) atoms. The minimum absolute atomic E-state index is 0.112. The van der Waals surface area contributed by atoms with Gasteiger partial charge in [0.25, 0.3) is 0 Å². The molecule has 0 N–H and O–H groups in total. The predicted octanol–water partition coefficient (Wildman–Crippen LogP) is 4.52. The van der Waals surface area contributed by atoms with E-state index in [0.717, 1.165) is 27.7 Å². The molecule has 0 radical (unpaired) electrons. The van der Waals surface area contributed by atoms with Gasteiger partial charge < -0.3 is 9.47 Å². The molecule has 0 aliphatic rings. The second-order valence-corrected chi connectivity index (χ2v) is 7.17. The lowest BCUT2D eigenvalue weighted by molar-refractivity contribution is -0.0613. The lowest BCUT2D eigenvalue weighted by Crippen LogP contribution is -2.16. The highest BCUT2D eigenvalue weighted by Gasteiger charge is 2.13. The smallest absolute Gasteiger partial charge is 0.196 e. The first kappa shape index (κ1) is 18.6. The third-order valence-corrected chi connectivity index (χ3v) is 4.82. The number of aryl methyl sites for hydroxylation is 3. The molecule has 0 amide bonds. The number of hydrogen-bond donors (Lipinski definition) is 0. The van der Waals surface area contributed by atoms with Crippen LogP contribution in [0.15, 0.2) is 36.4 Å². The fourth-order valence-corrected chi connectivity index (χ4v) is 3.92. The fourth-order valence-electron chi connectivity index (χ4n) is 2.81. The lowest BCUT2D eigenvalue weighted by Gasteiger charge is -2.14. The number of ether oxygens (including phenoxy) is 2. The Kier molecular flexibility index (Phi) is 6.53. The van der Waals surface area contributed by atoms with Gasteiger partial charge in [0.1, 0.15) is 5.75 Å². The molecule has 2 rings (SSSR count). The molecular weight excluding hydrogens is 319 g/mol. The molecule has 0 saturated heterocycles. The third-order valence-electron chi connectivity index (χ3n) is 3.72. The van der Waals surface area contributed by atoms with Crippen molar-refractivity contribution in [1.82, 2.24) is 0 Å².